The van der Waals surface area contributed by atoms with E-state index in [1.807, 2.05) is 37.0 Å². The summed E-state index contributed by atoms with van der Waals surface area (Å²) in [6, 6.07) is 0. The van der Waals surface area contributed by atoms with Crippen LogP contribution in [0.3, 0.4) is 0 Å². The summed E-state index contributed by atoms with van der Waals surface area (Å²) in [4.78, 5) is 0. The molecule has 1 heterocycles. The second kappa shape index (κ2) is 2.69. The minimum Gasteiger partial charge on any atom is -0.275 e. The first-order chi connectivity index (χ1) is 4.74. The fraction of sp³-hybridized carbons (Fsp3) is 0.375. The summed E-state index contributed by atoms with van der Waals surface area (Å²) in [6.07, 6.45) is 6.01. The molecule has 0 aliphatic rings. The van der Waals surface area contributed by atoms with Crippen LogP contribution in [-0.4, -0.2) is 9.78 Å². The molecule has 0 saturated carbocycles. The van der Waals surface area contributed by atoms with Gasteiger partial charge in [0, 0.05) is 13.2 Å². The standard InChI is InChI=1S/C8H12N2/c1-4-5-8-7(2)6-10(3)9-8/h4-6H,1-3H3/b5-4-. The summed E-state index contributed by atoms with van der Waals surface area (Å²) >= 11 is 0. The minimum atomic E-state index is 1.06. The molecule has 0 spiro atoms. The fourth-order valence-corrected chi connectivity index (χ4v) is 0.947. The topological polar surface area (TPSA) is 17.8 Å². The van der Waals surface area contributed by atoms with Crippen LogP contribution in [0.25, 0.3) is 6.08 Å². The summed E-state index contributed by atoms with van der Waals surface area (Å²) in [5.74, 6) is 0. The van der Waals surface area contributed by atoms with Crippen LogP contribution in [0.4, 0.5) is 0 Å². The van der Waals surface area contributed by atoms with E-state index in [9.17, 15) is 0 Å². The van der Waals surface area contributed by atoms with Crippen LogP contribution in [0, 0.1) is 6.92 Å². The zero-order chi connectivity index (χ0) is 7.56. The van der Waals surface area contributed by atoms with E-state index in [2.05, 4.69) is 12.0 Å². The van der Waals surface area contributed by atoms with E-state index < -0.39 is 0 Å². The first kappa shape index (κ1) is 7.06. The van der Waals surface area contributed by atoms with Crippen molar-refractivity contribution in [1.29, 1.82) is 0 Å². The summed E-state index contributed by atoms with van der Waals surface area (Å²) in [5, 5.41) is 4.23. The molecule has 1 aromatic rings. The second-order valence-electron chi connectivity index (χ2n) is 2.37. The maximum atomic E-state index is 4.23. The monoisotopic (exact) mass is 136 g/mol. The summed E-state index contributed by atoms with van der Waals surface area (Å²) in [5.41, 5.74) is 2.28. The highest BCUT2D eigenvalue weighted by atomic mass is 15.2. The Morgan fingerprint density at radius 2 is 2.30 bits per heavy atom. The number of nitrogens with zero attached hydrogens (tertiary/aromatic N) is 2. The fourth-order valence-electron chi connectivity index (χ4n) is 0.947. The van der Waals surface area contributed by atoms with Crippen molar-refractivity contribution in [2.75, 3.05) is 0 Å². The van der Waals surface area contributed by atoms with Gasteiger partial charge in [-0.25, -0.2) is 0 Å². The molecule has 0 aliphatic heterocycles. The maximum Gasteiger partial charge on any atom is 0.0876 e. The third kappa shape index (κ3) is 1.26. The number of aryl methyl sites for hydroxylation is 2. The van der Waals surface area contributed by atoms with Gasteiger partial charge in [-0.15, -0.1) is 0 Å². The highest BCUT2D eigenvalue weighted by molar-refractivity contribution is 5.47. The number of hydrogen-bond acceptors (Lipinski definition) is 1. The van der Waals surface area contributed by atoms with Gasteiger partial charge in [-0.05, 0) is 25.5 Å². The van der Waals surface area contributed by atoms with E-state index in [1.165, 1.54) is 5.56 Å². The molecular weight excluding hydrogens is 124 g/mol. The number of rotatable bonds is 1. The average Bonchev–Trinajstić information content (AvgIpc) is 2.13. The Labute approximate surface area is 61.2 Å². The average molecular weight is 136 g/mol. The SMILES string of the molecule is C/C=C\c1nn(C)cc1C. The van der Waals surface area contributed by atoms with Crippen molar-refractivity contribution in [2.45, 2.75) is 13.8 Å². The van der Waals surface area contributed by atoms with Crippen LogP contribution in [-0.2, 0) is 7.05 Å². The molecule has 0 radical (unpaired) electrons. The highest BCUT2D eigenvalue weighted by Gasteiger charge is 1.96. The molecule has 0 N–H and O–H groups in total. The van der Waals surface area contributed by atoms with E-state index in [0.29, 0.717) is 0 Å². The molecule has 0 amide bonds. The third-order valence-corrected chi connectivity index (χ3v) is 1.37. The van der Waals surface area contributed by atoms with Gasteiger partial charge in [0.15, 0.2) is 0 Å². The predicted molar refractivity (Wildman–Crippen MR) is 42.7 cm³/mol. The quantitative estimate of drug-likeness (QED) is 0.575. The lowest BCUT2D eigenvalue weighted by Gasteiger charge is -1.83. The van der Waals surface area contributed by atoms with Gasteiger partial charge < -0.3 is 0 Å². The highest BCUT2D eigenvalue weighted by Crippen LogP contribution is 2.05. The van der Waals surface area contributed by atoms with Gasteiger partial charge in [0.2, 0.25) is 0 Å². The van der Waals surface area contributed by atoms with E-state index in [-0.39, 0.29) is 0 Å². The van der Waals surface area contributed by atoms with E-state index in [4.69, 9.17) is 0 Å². The maximum absolute atomic E-state index is 4.23. The molecule has 0 aliphatic carbocycles. The van der Waals surface area contributed by atoms with Gasteiger partial charge in [0.05, 0.1) is 5.69 Å². The van der Waals surface area contributed by atoms with E-state index in [1.54, 1.807) is 0 Å². The molecule has 10 heavy (non-hydrogen) atoms. The Hall–Kier alpha value is -1.05. The van der Waals surface area contributed by atoms with Crippen molar-refractivity contribution in [3.05, 3.63) is 23.5 Å². The zero-order valence-electron chi connectivity index (χ0n) is 6.63. The Balaban J connectivity index is 3.03. The molecule has 0 atom stereocenters. The molecular formula is C8H12N2. The number of aromatic nitrogens is 2. The molecule has 0 fully saturated rings. The lowest BCUT2D eigenvalue weighted by atomic mass is 10.3. The molecule has 54 valence electrons. The Kier molecular flexibility index (Phi) is 1.90. The Morgan fingerprint density at radius 1 is 1.60 bits per heavy atom. The lowest BCUT2D eigenvalue weighted by Crippen LogP contribution is -1.86. The van der Waals surface area contributed by atoms with E-state index in [0.717, 1.165) is 5.69 Å². The van der Waals surface area contributed by atoms with Crippen LogP contribution in [0.5, 0.6) is 0 Å². The van der Waals surface area contributed by atoms with Crippen molar-refractivity contribution < 1.29 is 0 Å². The lowest BCUT2D eigenvalue weighted by molar-refractivity contribution is 0.764. The van der Waals surface area contributed by atoms with Crippen LogP contribution in [0.15, 0.2) is 12.3 Å². The first-order valence-corrected chi connectivity index (χ1v) is 3.37. The summed E-state index contributed by atoms with van der Waals surface area (Å²) < 4.78 is 1.82. The van der Waals surface area contributed by atoms with Crippen LogP contribution < -0.4 is 0 Å². The van der Waals surface area contributed by atoms with Crippen LogP contribution >= 0.6 is 0 Å². The number of hydrogen-bond donors (Lipinski definition) is 0. The van der Waals surface area contributed by atoms with Crippen molar-refractivity contribution in [1.82, 2.24) is 9.78 Å². The Bertz CT molecular complexity index is 246. The first-order valence-electron chi connectivity index (χ1n) is 3.37. The van der Waals surface area contributed by atoms with Gasteiger partial charge in [0.1, 0.15) is 0 Å². The molecule has 2 nitrogen and oxygen atoms in total. The molecule has 1 aromatic heterocycles. The summed E-state index contributed by atoms with van der Waals surface area (Å²) in [7, 11) is 1.93. The molecule has 2 heteroatoms. The largest absolute Gasteiger partial charge is 0.275 e. The summed E-state index contributed by atoms with van der Waals surface area (Å²) in [6.45, 7) is 4.05. The zero-order valence-corrected chi connectivity index (χ0v) is 6.63. The Morgan fingerprint density at radius 3 is 2.70 bits per heavy atom. The smallest absolute Gasteiger partial charge is 0.0876 e. The van der Waals surface area contributed by atoms with Gasteiger partial charge in [-0.1, -0.05) is 6.08 Å². The molecule has 0 saturated heterocycles. The van der Waals surface area contributed by atoms with E-state index >= 15 is 0 Å². The normalized spacial score (nSPS) is 11.1. The van der Waals surface area contributed by atoms with Crippen LogP contribution in [0.1, 0.15) is 18.2 Å². The van der Waals surface area contributed by atoms with Gasteiger partial charge in [-0.2, -0.15) is 5.10 Å². The molecule has 1 rings (SSSR count). The molecule has 0 bridgehead atoms. The van der Waals surface area contributed by atoms with Crippen LogP contribution in [0.2, 0.25) is 0 Å². The van der Waals surface area contributed by atoms with Crippen molar-refractivity contribution in [3.8, 4) is 0 Å². The predicted octanol–water partition coefficient (Wildman–Crippen LogP) is 1.76. The molecule has 0 aromatic carbocycles. The van der Waals surface area contributed by atoms with Gasteiger partial charge >= 0.3 is 0 Å². The second-order valence-corrected chi connectivity index (χ2v) is 2.37. The van der Waals surface area contributed by atoms with Crippen molar-refractivity contribution >= 4 is 6.08 Å². The van der Waals surface area contributed by atoms with Gasteiger partial charge in [0.25, 0.3) is 0 Å². The minimum absolute atomic E-state index is 1.06. The van der Waals surface area contributed by atoms with Gasteiger partial charge in [-0.3, -0.25) is 4.68 Å². The third-order valence-electron chi connectivity index (χ3n) is 1.37. The molecule has 0 unspecified atom stereocenters. The number of allylic oxidation sites excluding steroid dienone is 1. The van der Waals surface area contributed by atoms with Crippen molar-refractivity contribution in [3.63, 3.8) is 0 Å². The van der Waals surface area contributed by atoms with Crippen molar-refractivity contribution in [2.24, 2.45) is 7.05 Å².